The molecule has 15 heteroatoms. The van der Waals surface area contributed by atoms with Crippen LogP contribution in [0.4, 0.5) is 5.82 Å². The van der Waals surface area contributed by atoms with Crippen molar-refractivity contribution in [1.82, 2.24) is 19.7 Å². The number of nitrogens with zero attached hydrogens (tertiary/aromatic N) is 3. The molecule has 1 amide bonds. The van der Waals surface area contributed by atoms with Crippen molar-refractivity contribution in [2.24, 2.45) is 0 Å². The normalized spacial score (nSPS) is 23.4. The molecule has 0 aliphatic carbocycles. The number of aliphatic hydroxyl groups is 2. The summed E-state index contributed by atoms with van der Waals surface area (Å²) >= 11 is 0. The van der Waals surface area contributed by atoms with E-state index in [1.165, 1.54) is 41.5 Å². The van der Waals surface area contributed by atoms with Crippen LogP contribution in [0.15, 0.2) is 36.9 Å². The summed E-state index contributed by atoms with van der Waals surface area (Å²) in [5.41, 5.74) is 6.41. The van der Waals surface area contributed by atoms with Crippen molar-refractivity contribution in [2.75, 3.05) is 12.3 Å². The Hall–Kier alpha value is -3.37. The SMILES string of the molecule is Nc1ncnc2c1[nH]c[n+]2[C@@H]1O[C@H](COS(=O)(=O)NC(=O)c2ccc(O)cc2)[C@@H](O)[C@H]1O. The number of nitrogens with one attached hydrogen (secondary N) is 2. The lowest BCUT2D eigenvalue weighted by molar-refractivity contribution is -0.745. The minimum atomic E-state index is -4.56. The number of anilines is 1. The second-order valence-corrected chi connectivity index (χ2v) is 8.25. The number of aromatic hydroxyl groups is 1. The van der Waals surface area contributed by atoms with Gasteiger partial charge in [0.05, 0.1) is 6.61 Å². The molecule has 0 bridgehead atoms. The zero-order valence-corrected chi connectivity index (χ0v) is 17.0. The van der Waals surface area contributed by atoms with Crippen LogP contribution >= 0.6 is 0 Å². The third-order valence-corrected chi connectivity index (χ3v) is 5.68. The maximum Gasteiger partial charge on any atom is 0.362 e. The maximum atomic E-state index is 12.1. The van der Waals surface area contributed by atoms with Gasteiger partial charge in [-0.1, -0.05) is 4.98 Å². The zero-order valence-electron chi connectivity index (χ0n) is 16.2. The van der Waals surface area contributed by atoms with Gasteiger partial charge in [0.2, 0.25) is 11.7 Å². The fourth-order valence-corrected chi connectivity index (χ4v) is 3.90. The Kier molecular flexibility index (Phi) is 5.66. The van der Waals surface area contributed by atoms with E-state index in [4.69, 9.17) is 14.7 Å². The molecular weight excluding hydrogens is 448 g/mol. The summed E-state index contributed by atoms with van der Waals surface area (Å²) in [5.74, 6) is -0.914. The number of phenols is 1. The first kappa shape index (κ1) is 21.8. The summed E-state index contributed by atoms with van der Waals surface area (Å²) in [6.07, 6.45) is -2.70. The fraction of sp³-hybridized carbons (Fsp3) is 0.294. The number of hydrogen-bond donors (Lipinski definition) is 6. The van der Waals surface area contributed by atoms with Crippen molar-refractivity contribution in [3.8, 4) is 5.75 Å². The average Bonchev–Trinajstić information content (AvgIpc) is 3.29. The number of hydrogen-bond acceptors (Lipinski definition) is 11. The standard InChI is InChI=1S/C17H18N6O8S/c18-14-11-15(20-6-19-14)23(7-21-11)17-13(26)12(25)10(31-17)5-30-32(28,29)22-16(27)8-1-3-9(24)4-2-8/h1-4,6-7,10,12-13,17,25-26H,5H2,(H4,18,19,20,22,24,27)/p+1/t10-,12-,13-,17-/m1/s1. The molecule has 1 aliphatic rings. The highest BCUT2D eigenvalue weighted by molar-refractivity contribution is 7.85. The number of amides is 1. The van der Waals surface area contributed by atoms with Gasteiger partial charge >= 0.3 is 16.0 Å². The van der Waals surface area contributed by atoms with Crippen LogP contribution in [0.25, 0.3) is 11.2 Å². The topological polar surface area (TPSA) is 214 Å². The van der Waals surface area contributed by atoms with Crippen molar-refractivity contribution in [3.63, 3.8) is 0 Å². The number of benzene rings is 1. The summed E-state index contributed by atoms with van der Waals surface area (Å²) in [7, 11) is -4.56. The van der Waals surface area contributed by atoms with Crippen LogP contribution in [0.2, 0.25) is 0 Å². The lowest BCUT2D eigenvalue weighted by Crippen LogP contribution is -2.45. The molecular formula is C17H19N6O8S+. The number of nitrogens with two attached hydrogens (primary N) is 1. The van der Waals surface area contributed by atoms with E-state index in [1.54, 1.807) is 4.72 Å². The molecule has 1 saturated heterocycles. The first-order chi connectivity index (χ1) is 15.2. The van der Waals surface area contributed by atoms with Gasteiger partial charge in [-0.05, 0) is 24.3 Å². The molecule has 0 saturated carbocycles. The first-order valence-corrected chi connectivity index (χ1v) is 10.6. The van der Waals surface area contributed by atoms with E-state index in [9.17, 15) is 28.5 Å². The number of aliphatic hydroxyl groups excluding tert-OH is 2. The lowest BCUT2D eigenvalue weighted by atomic mass is 10.1. The number of rotatable bonds is 6. The predicted octanol–water partition coefficient (Wildman–Crippen LogP) is -2.16. The van der Waals surface area contributed by atoms with E-state index in [0.717, 1.165) is 0 Å². The number of nitrogen functional groups attached to an aromatic ring is 1. The number of H-pyrrole nitrogens is 1. The van der Waals surface area contributed by atoms with Gasteiger partial charge in [-0.3, -0.25) is 14.0 Å². The van der Waals surface area contributed by atoms with Gasteiger partial charge in [0.1, 0.15) is 24.1 Å². The Morgan fingerprint density at radius 1 is 1.25 bits per heavy atom. The molecule has 14 nitrogen and oxygen atoms in total. The number of aromatic amines is 1. The smallest absolute Gasteiger partial charge is 0.362 e. The molecule has 3 heterocycles. The van der Waals surface area contributed by atoms with Crippen LogP contribution in [0, 0.1) is 0 Å². The van der Waals surface area contributed by atoms with E-state index in [2.05, 4.69) is 15.0 Å². The largest absolute Gasteiger partial charge is 0.508 e. The molecule has 170 valence electrons. The summed E-state index contributed by atoms with van der Waals surface area (Å²) in [5, 5.41) is 29.9. The summed E-state index contributed by atoms with van der Waals surface area (Å²) in [6.45, 7) is -0.688. The third kappa shape index (κ3) is 4.19. The quantitative estimate of drug-likeness (QED) is 0.215. The highest BCUT2D eigenvalue weighted by atomic mass is 32.2. The first-order valence-electron chi connectivity index (χ1n) is 9.17. The van der Waals surface area contributed by atoms with Gasteiger partial charge in [0.15, 0.2) is 18.5 Å². The summed E-state index contributed by atoms with van der Waals surface area (Å²) in [6, 6.07) is 4.88. The number of phenolic OH excluding ortho intramolecular Hbond substituents is 1. The molecule has 0 spiro atoms. The lowest BCUT2D eigenvalue weighted by Gasteiger charge is -2.14. The number of carbonyl (C=O) groups is 1. The highest BCUT2D eigenvalue weighted by Gasteiger charge is 2.47. The second-order valence-electron chi connectivity index (χ2n) is 6.90. The predicted molar refractivity (Wildman–Crippen MR) is 105 cm³/mol. The van der Waals surface area contributed by atoms with E-state index in [-0.39, 0.29) is 17.1 Å². The Balaban J connectivity index is 1.42. The van der Waals surface area contributed by atoms with Crippen LogP contribution in [0.3, 0.4) is 0 Å². The molecule has 1 fully saturated rings. The van der Waals surface area contributed by atoms with Gasteiger partial charge in [-0.15, -0.1) is 0 Å². The number of fused-ring (bicyclic) bond motifs is 1. The Labute approximate surface area is 180 Å². The summed E-state index contributed by atoms with van der Waals surface area (Å²) in [4.78, 5) is 22.8. The Morgan fingerprint density at radius 2 is 1.97 bits per heavy atom. The Morgan fingerprint density at radius 3 is 2.69 bits per heavy atom. The van der Waals surface area contributed by atoms with Crippen LogP contribution in [0.1, 0.15) is 16.6 Å². The van der Waals surface area contributed by atoms with Gasteiger partial charge in [0.25, 0.3) is 5.91 Å². The molecule has 32 heavy (non-hydrogen) atoms. The Bertz CT molecular complexity index is 1250. The van der Waals surface area contributed by atoms with Crippen LogP contribution in [0.5, 0.6) is 5.75 Å². The zero-order chi connectivity index (χ0) is 23.0. The highest BCUT2D eigenvalue weighted by Crippen LogP contribution is 2.27. The van der Waals surface area contributed by atoms with Gasteiger partial charge < -0.3 is 25.8 Å². The molecule has 0 unspecified atom stereocenters. The number of ether oxygens (including phenoxy) is 1. The van der Waals surface area contributed by atoms with Crippen LogP contribution in [-0.4, -0.2) is 69.5 Å². The van der Waals surface area contributed by atoms with Crippen LogP contribution in [-0.2, 0) is 19.2 Å². The van der Waals surface area contributed by atoms with Crippen molar-refractivity contribution >= 4 is 33.2 Å². The molecule has 1 aliphatic heterocycles. The molecule has 3 aromatic rings. The average molecular weight is 467 g/mol. The third-order valence-electron chi connectivity index (χ3n) is 4.80. The second kappa shape index (κ2) is 8.29. The minimum absolute atomic E-state index is 0.0281. The van der Waals surface area contributed by atoms with Crippen LogP contribution < -0.4 is 15.0 Å². The van der Waals surface area contributed by atoms with E-state index < -0.39 is 47.4 Å². The summed E-state index contributed by atoms with van der Waals surface area (Å²) < 4.78 is 37.6. The molecule has 0 radical (unpaired) electrons. The molecule has 2 aromatic heterocycles. The molecule has 4 rings (SSSR count). The molecule has 4 atom stereocenters. The molecule has 1 aromatic carbocycles. The van der Waals surface area contributed by atoms with Gasteiger partial charge in [0, 0.05) is 5.56 Å². The van der Waals surface area contributed by atoms with Gasteiger partial charge in [-0.2, -0.15) is 13.4 Å². The van der Waals surface area contributed by atoms with Crippen molar-refractivity contribution in [2.45, 2.75) is 24.5 Å². The number of imidazole rings is 1. The van der Waals surface area contributed by atoms with Gasteiger partial charge in [-0.25, -0.2) is 9.29 Å². The number of aromatic nitrogens is 4. The van der Waals surface area contributed by atoms with Crippen molar-refractivity contribution in [1.29, 1.82) is 0 Å². The monoisotopic (exact) mass is 467 g/mol. The van der Waals surface area contributed by atoms with Crippen molar-refractivity contribution in [3.05, 3.63) is 42.5 Å². The van der Waals surface area contributed by atoms with Crippen molar-refractivity contribution < 1.29 is 42.0 Å². The van der Waals surface area contributed by atoms with E-state index in [0.29, 0.717) is 11.2 Å². The van der Waals surface area contributed by atoms with E-state index in [1.807, 2.05) is 0 Å². The molecule has 7 N–H and O–H groups in total. The maximum absolute atomic E-state index is 12.1. The van der Waals surface area contributed by atoms with E-state index >= 15 is 0 Å². The minimum Gasteiger partial charge on any atom is -0.508 e. The number of carbonyl (C=O) groups excluding carboxylic acids is 1. The fourth-order valence-electron chi connectivity index (χ4n) is 3.18.